The number of nitrogens with one attached hydrogen (secondary N) is 2. The van der Waals surface area contributed by atoms with Crippen molar-refractivity contribution in [3.63, 3.8) is 0 Å². The molecule has 24 heavy (non-hydrogen) atoms. The average molecular weight is 351 g/mol. The summed E-state index contributed by atoms with van der Waals surface area (Å²) in [5.74, 6) is 0.798. The highest BCUT2D eigenvalue weighted by atomic mass is 35.5. The summed E-state index contributed by atoms with van der Waals surface area (Å²) in [7, 11) is 0. The predicted octanol–water partition coefficient (Wildman–Crippen LogP) is 2.45. The van der Waals surface area contributed by atoms with Crippen molar-refractivity contribution in [3.8, 4) is 0 Å². The van der Waals surface area contributed by atoms with Crippen LogP contribution in [0.15, 0.2) is 29.3 Å². The van der Waals surface area contributed by atoms with Gasteiger partial charge in [-0.3, -0.25) is 4.79 Å². The lowest BCUT2D eigenvalue weighted by Crippen LogP contribution is -2.41. The average Bonchev–Trinajstić information content (AvgIpc) is 2.60. The van der Waals surface area contributed by atoms with E-state index in [9.17, 15) is 4.79 Å². The van der Waals surface area contributed by atoms with E-state index in [4.69, 9.17) is 11.6 Å². The van der Waals surface area contributed by atoms with Crippen molar-refractivity contribution in [2.45, 2.75) is 32.6 Å². The summed E-state index contributed by atoms with van der Waals surface area (Å²) in [6, 6.07) is 7.84. The lowest BCUT2D eigenvalue weighted by Gasteiger charge is -2.26. The van der Waals surface area contributed by atoms with Crippen LogP contribution in [0.2, 0.25) is 5.02 Å². The number of rotatable bonds is 6. The van der Waals surface area contributed by atoms with Gasteiger partial charge in [0.15, 0.2) is 5.96 Å². The molecule has 1 fully saturated rings. The lowest BCUT2D eigenvalue weighted by atomic mass is 10.1. The first-order chi connectivity index (χ1) is 11.7. The number of likely N-dealkylation sites (tertiary alicyclic amines) is 1. The van der Waals surface area contributed by atoms with Crippen LogP contribution in [-0.2, 0) is 11.2 Å². The summed E-state index contributed by atoms with van der Waals surface area (Å²) in [6.07, 6.45) is 4.28. The summed E-state index contributed by atoms with van der Waals surface area (Å²) in [5, 5.41) is 7.20. The van der Waals surface area contributed by atoms with E-state index in [1.807, 2.05) is 30.0 Å². The fourth-order valence-electron chi connectivity index (χ4n) is 2.75. The minimum atomic E-state index is 0.113. The second-order valence-corrected chi connectivity index (χ2v) is 6.38. The van der Waals surface area contributed by atoms with Crippen LogP contribution in [0.1, 0.15) is 31.7 Å². The fourth-order valence-corrected chi connectivity index (χ4v) is 2.96. The molecule has 132 valence electrons. The molecule has 0 saturated carbocycles. The smallest absolute Gasteiger partial charge is 0.244 e. The highest BCUT2D eigenvalue weighted by Crippen LogP contribution is 2.10. The van der Waals surface area contributed by atoms with E-state index in [0.29, 0.717) is 5.96 Å². The Morgan fingerprint density at radius 3 is 2.75 bits per heavy atom. The van der Waals surface area contributed by atoms with Crippen molar-refractivity contribution in [3.05, 3.63) is 34.9 Å². The number of hydrogen-bond donors (Lipinski definition) is 2. The summed E-state index contributed by atoms with van der Waals surface area (Å²) in [6.45, 7) is 5.46. The molecule has 5 nitrogen and oxygen atoms in total. The maximum Gasteiger partial charge on any atom is 0.244 e. The lowest BCUT2D eigenvalue weighted by molar-refractivity contribution is -0.130. The SMILES string of the molecule is CCNC(=NCC(=O)N1CCCCC1)NCCc1cccc(Cl)c1. The molecule has 0 atom stereocenters. The largest absolute Gasteiger partial charge is 0.357 e. The topological polar surface area (TPSA) is 56.7 Å². The first-order valence-electron chi connectivity index (χ1n) is 8.73. The molecule has 0 radical (unpaired) electrons. The van der Waals surface area contributed by atoms with E-state index in [-0.39, 0.29) is 12.5 Å². The number of halogens is 1. The monoisotopic (exact) mass is 350 g/mol. The number of benzene rings is 1. The molecule has 0 aliphatic carbocycles. The summed E-state index contributed by atoms with van der Waals surface area (Å²) in [5.41, 5.74) is 1.18. The van der Waals surface area contributed by atoms with Gasteiger partial charge in [-0.15, -0.1) is 0 Å². The number of hydrogen-bond acceptors (Lipinski definition) is 2. The molecule has 1 heterocycles. The molecule has 1 aromatic rings. The number of aliphatic imine (C=N–C) groups is 1. The summed E-state index contributed by atoms with van der Waals surface area (Å²) >= 11 is 6.00. The number of carbonyl (C=O) groups is 1. The zero-order valence-electron chi connectivity index (χ0n) is 14.4. The van der Waals surface area contributed by atoms with E-state index in [1.165, 1.54) is 12.0 Å². The molecule has 1 aromatic carbocycles. The molecular weight excluding hydrogens is 324 g/mol. The Kier molecular flexibility index (Phi) is 7.89. The second-order valence-electron chi connectivity index (χ2n) is 5.94. The third-order valence-corrected chi connectivity index (χ3v) is 4.26. The van der Waals surface area contributed by atoms with Crippen LogP contribution in [-0.4, -0.2) is 49.5 Å². The van der Waals surface area contributed by atoms with Gasteiger partial charge in [0.2, 0.25) is 5.91 Å². The third-order valence-electron chi connectivity index (χ3n) is 4.02. The second kappa shape index (κ2) is 10.2. The quantitative estimate of drug-likeness (QED) is 0.612. The Bertz CT molecular complexity index is 556. The predicted molar refractivity (Wildman–Crippen MR) is 99.6 cm³/mol. The highest BCUT2D eigenvalue weighted by Gasteiger charge is 2.15. The molecule has 0 aromatic heterocycles. The first-order valence-corrected chi connectivity index (χ1v) is 9.11. The minimum absolute atomic E-state index is 0.113. The zero-order valence-corrected chi connectivity index (χ0v) is 15.1. The van der Waals surface area contributed by atoms with Crippen LogP contribution < -0.4 is 10.6 Å². The molecule has 1 aliphatic rings. The minimum Gasteiger partial charge on any atom is -0.357 e. The van der Waals surface area contributed by atoms with Gasteiger partial charge in [-0.05, 0) is 50.3 Å². The van der Waals surface area contributed by atoms with Gasteiger partial charge >= 0.3 is 0 Å². The van der Waals surface area contributed by atoms with Gasteiger partial charge in [-0.1, -0.05) is 23.7 Å². The highest BCUT2D eigenvalue weighted by molar-refractivity contribution is 6.30. The molecule has 2 N–H and O–H groups in total. The van der Waals surface area contributed by atoms with Crippen molar-refractivity contribution in [2.75, 3.05) is 32.7 Å². The maximum absolute atomic E-state index is 12.2. The molecule has 0 bridgehead atoms. The van der Waals surface area contributed by atoms with Gasteiger partial charge in [0, 0.05) is 31.2 Å². The Labute approximate surface area is 149 Å². The maximum atomic E-state index is 12.2. The fraction of sp³-hybridized carbons (Fsp3) is 0.556. The van der Waals surface area contributed by atoms with E-state index in [2.05, 4.69) is 21.7 Å². The van der Waals surface area contributed by atoms with Gasteiger partial charge < -0.3 is 15.5 Å². The molecule has 0 unspecified atom stereocenters. The Morgan fingerprint density at radius 1 is 1.25 bits per heavy atom. The number of piperidine rings is 1. The van der Waals surface area contributed by atoms with Crippen molar-refractivity contribution in [1.29, 1.82) is 0 Å². The summed E-state index contributed by atoms with van der Waals surface area (Å²) in [4.78, 5) is 18.5. The van der Waals surface area contributed by atoms with Gasteiger partial charge in [0.25, 0.3) is 0 Å². The summed E-state index contributed by atoms with van der Waals surface area (Å²) < 4.78 is 0. The van der Waals surface area contributed by atoms with Crippen LogP contribution in [0.3, 0.4) is 0 Å². The van der Waals surface area contributed by atoms with Crippen LogP contribution in [0, 0.1) is 0 Å². The van der Waals surface area contributed by atoms with Crippen molar-refractivity contribution in [1.82, 2.24) is 15.5 Å². The molecule has 1 saturated heterocycles. The normalized spacial score (nSPS) is 15.2. The molecule has 1 amide bonds. The number of nitrogens with zero attached hydrogens (tertiary/aromatic N) is 2. The Morgan fingerprint density at radius 2 is 2.04 bits per heavy atom. The first kappa shape index (κ1) is 18.6. The van der Waals surface area contributed by atoms with Crippen LogP contribution in [0.4, 0.5) is 0 Å². The van der Waals surface area contributed by atoms with Crippen molar-refractivity contribution < 1.29 is 4.79 Å². The van der Waals surface area contributed by atoms with Gasteiger partial charge in [0.1, 0.15) is 6.54 Å². The van der Waals surface area contributed by atoms with E-state index in [0.717, 1.165) is 50.5 Å². The number of carbonyl (C=O) groups excluding carboxylic acids is 1. The van der Waals surface area contributed by atoms with E-state index < -0.39 is 0 Å². The molecule has 0 spiro atoms. The van der Waals surface area contributed by atoms with Crippen LogP contribution >= 0.6 is 11.6 Å². The zero-order chi connectivity index (χ0) is 17.2. The van der Waals surface area contributed by atoms with E-state index in [1.54, 1.807) is 0 Å². The Hall–Kier alpha value is -1.75. The molecule has 6 heteroatoms. The van der Waals surface area contributed by atoms with Crippen LogP contribution in [0.5, 0.6) is 0 Å². The molecule has 1 aliphatic heterocycles. The van der Waals surface area contributed by atoms with Crippen molar-refractivity contribution >= 4 is 23.5 Å². The molecular formula is C18H27ClN4O. The van der Waals surface area contributed by atoms with E-state index >= 15 is 0 Å². The molecule has 2 rings (SSSR count). The van der Waals surface area contributed by atoms with Gasteiger partial charge in [0.05, 0.1) is 0 Å². The van der Waals surface area contributed by atoms with Gasteiger partial charge in [-0.25, -0.2) is 4.99 Å². The van der Waals surface area contributed by atoms with Crippen molar-refractivity contribution in [2.24, 2.45) is 4.99 Å². The van der Waals surface area contributed by atoms with Crippen LogP contribution in [0.25, 0.3) is 0 Å². The third kappa shape index (κ3) is 6.40. The van der Waals surface area contributed by atoms with Gasteiger partial charge in [-0.2, -0.15) is 0 Å². The standard InChI is InChI=1S/C18H27ClN4O/c1-2-20-18(21-10-9-15-7-6-8-16(19)13-15)22-14-17(24)23-11-4-3-5-12-23/h6-8,13H,2-5,9-12,14H2,1H3,(H2,20,21,22). The number of amides is 1. The number of guanidine groups is 1. The Balaban J connectivity index is 1.80.